The standard InChI is InChI=1S/C25H32N6O3.C24H30N6O3.C19H23N7O2.C17H19N7O2.C11H11N7/c26-13-21-15-30-25(16-28-21)31-24-12-23(34-17-19-5-9-33-10-6-19)20(14-29-24)11-22(32)2-1-18-3-7-27-8-4-18;25-11-20-13-29-24(14-27-20)30-23-10-22(33-16-18-5-8-32-15-18)19(12-28-23)9-21(31)2-1-17-3-6-26-7-4-17;1-25-6-4-14(5-7-25)26(2)16-8-17(23-11-15(16)19(27)28-3)24-18-12-21-13(9-20)10-22-18;1-26-17(25)13-9-22-15(24-16-10-20-12(7-18)8-21-16)6-14(13)23-11-2-4-19-5-3-11;1-14-9-2-10(17-5-8(9)13)18-11-6-15-7(3-12)4-16-11/h12,14-16,18-19,27H,1-11,17H2,(H,29,30,31);10,12-14,17-18,26H,1-9,15-16H2,(H,28,29,30);8,10-12,14H,4-7H2,1-3H3,(H,22,23,24);6,8-11,19H,2-5H2,1H3,(H2,21,22,23,24);2,4-6H,13H2,1H3,(H2,14,16,17,18). The molecule has 0 bridgehead atoms. The average Bonchev–Trinajstić information content (AvgIpc) is 1.41. The number of hydrogen-bond donors (Lipinski definition) is 11. The Bertz CT molecular complexity index is 5860. The van der Waals surface area contributed by atoms with Gasteiger partial charge in [0.25, 0.3) is 0 Å². The minimum absolute atomic E-state index is 0.211. The second kappa shape index (κ2) is 54.3. The molecule has 10 aromatic heterocycles. The third-order valence-corrected chi connectivity index (χ3v) is 23.8. The van der Waals surface area contributed by atoms with E-state index in [1.165, 1.54) is 88.6 Å². The van der Waals surface area contributed by atoms with Gasteiger partial charge in [0.05, 0.1) is 125 Å². The summed E-state index contributed by atoms with van der Waals surface area (Å²) >= 11 is 0. The van der Waals surface area contributed by atoms with E-state index in [0.29, 0.717) is 167 Å². The molecule has 6 saturated heterocycles. The maximum absolute atomic E-state index is 12.8. The van der Waals surface area contributed by atoms with E-state index in [1.54, 1.807) is 43.8 Å². The van der Waals surface area contributed by atoms with Crippen LogP contribution in [-0.4, -0.2) is 243 Å². The number of methoxy groups -OCH3 is 2. The number of piperidine rings is 4. The number of pyridine rings is 5. The normalized spacial score (nSPS) is 15.5. The van der Waals surface area contributed by atoms with Gasteiger partial charge in [-0.2, -0.15) is 26.3 Å². The van der Waals surface area contributed by atoms with Crippen LogP contribution in [-0.2, 0) is 41.4 Å². The Hall–Kier alpha value is -15.6. The lowest BCUT2D eigenvalue weighted by molar-refractivity contribution is -0.119. The molecular formula is C96H115N33O10. The third kappa shape index (κ3) is 32.9. The number of nitrogen functional groups attached to an aromatic ring is 1. The number of carbonyl (C=O) groups excluding carboxylic acids is 4. The molecule has 1 atom stereocenters. The van der Waals surface area contributed by atoms with E-state index in [0.717, 1.165) is 178 Å². The predicted octanol–water partition coefficient (Wildman–Crippen LogP) is 10.3. The van der Waals surface area contributed by atoms with Crippen molar-refractivity contribution in [1.29, 1.82) is 26.3 Å². The fourth-order valence-corrected chi connectivity index (χ4v) is 15.7. The van der Waals surface area contributed by atoms with E-state index >= 15 is 0 Å². The zero-order chi connectivity index (χ0) is 97.9. The minimum Gasteiger partial charge on any atom is -0.493 e. The molecule has 0 aromatic carbocycles. The van der Waals surface area contributed by atoms with Crippen LogP contribution in [0.15, 0.2) is 123 Å². The molecule has 139 heavy (non-hydrogen) atoms. The van der Waals surface area contributed by atoms with E-state index in [9.17, 15) is 19.2 Å². The predicted molar refractivity (Wildman–Crippen MR) is 517 cm³/mol. The number of anilines is 14. The number of rotatable bonds is 33. The van der Waals surface area contributed by atoms with E-state index in [-0.39, 0.29) is 46.1 Å². The number of carbonyl (C=O) groups is 4. The number of nitrogens with one attached hydrogen (secondary N) is 10. The van der Waals surface area contributed by atoms with Crippen molar-refractivity contribution in [2.24, 2.45) is 23.7 Å². The second-order valence-corrected chi connectivity index (χ2v) is 33.7. The van der Waals surface area contributed by atoms with Crippen molar-refractivity contribution >= 4 is 104 Å². The van der Waals surface area contributed by atoms with Crippen molar-refractivity contribution in [3.8, 4) is 41.8 Å². The van der Waals surface area contributed by atoms with E-state index < -0.39 is 11.9 Å². The van der Waals surface area contributed by atoms with E-state index in [4.69, 9.17) is 60.5 Å². The smallest absolute Gasteiger partial charge is 0.341 e. The number of Topliss-reactive ketones (excluding diaryl/α,β-unsaturated/α-hetero) is 2. The zero-order valence-corrected chi connectivity index (χ0v) is 78.4. The fourth-order valence-electron chi connectivity index (χ4n) is 15.7. The van der Waals surface area contributed by atoms with Gasteiger partial charge in [-0.15, -0.1) is 0 Å². The van der Waals surface area contributed by atoms with Gasteiger partial charge in [-0.25, -0.2) is 84.3 Å². The first-order chi connectivity index (χ1) is 67.8. The number of ether oxygens (including phenoxy) is 6. The zero-order valence-electron chi connectivity index (χ0n) is 78.4. The average molecular weight is 1890 g/mol. The van der Waals surface area contributed by atoms with Gasteiger partial charge >= 0.3 is 11.9 Å². The molecule has 43 heteroatoms. The number of nitrogens with zero attached hydrogens (tertiary/aromatic N) is 22. The Balaban J connectivity index is 0.000000158. The summed E-state index contributed by atoms with van der Waals surface area (Å²) in [5.74, 6) is 8.02. The highest BCUT2D eigenvalue weighted by Gasteiger charge is 2.28. The van der Waals surface area contributed by atoms with Crippen LogP contribution in [0.25, 0.3) is 0 Å². The van der Waals surface area contributed by atoms with Gasteiger partial charge in [-0.05, 0) is 161 Å². The van der Waals surface area contributed by atoms with Crippen LogP contribution in [0, 0.1) is 80.3 Å². The van der Waals surface area contributed by atoms with Crippen LogP contribution >= 0.6 is 0 Å². The van der Waals surface area contributed by atoms with Gasteiger partial charge in [0, 0.05) is 144 Å². The Kier molecular flexibility index (Phi) is 40.0. The fraction of sp³-hybridized carbons (Fsp3) is 0.438. The largest absolute Gasteiger partial charge is 0.493 e. The highest BCUT2D eigenvalue weighted by molar-refractivity contribution is 5.97. The summed E-state index contributed by atoms with van der Waals surface area (Å²) in [7, 11) is 8.58. The first kappa shape index (κ1) is 102. The van der Waals surface area contributed by atoms with Gasteiger partial charge in [-0.1, -0.05) is 0 Å². The quantitative estimate of drug-likeness (QED) is 0.0170. The molecule has 0 radical (unpaired) electrons. The topological polar surface area (TPSA) is 589 Å². The highest BCUT2D eigenvalue weighted by Crippen LogP contribution is 2.34. The molecule has 6 aliphatic heterocycles. The maximum Gasteiger partial charge on any atom is 0.341 e. The first-order valence-electron chi connectivity index (χ1n) is 46.1. The Morgan fingerprint density at radius 3 is 1.20 bits per heavy atom. The highest BCUT2D eigenvalue weighted by atomic mass is 16.5. The molecule has 6 aliphatic rings. The number of nitriles is 5. The SMILES string of the molecule is CNc1cc(Nc2cnc(C#N)cn2)ncc1N.COC(=O)c1cnc(Nc2cnc(C#N)cn2)cc1N(C)C1CCN(C)CC1.COC(=O)c1cnc(Nc2cnc(C#N)cn2)cc1NC1CCNCC1.N#Cc1cnc(Nc2cc(OCC3CCOC3)c(CC(=O)CCC3CCNCC3)cn2)cn1.N#Cc1cnc(Nc2cc(OCC3CCOCC3)c(CC(=O)CCC3CCNCC3)cn2)cn1. The molecule has 0 spiro atoms. The minimum atomic E-state index is -0.446. The van der Waals surface area contributed by atoms with Crippen molar-refractivity contribution in [1.82, 2.24) is 95.6 Å². The Labute approximate surface area is 805 Å². The van der Waals surface area contributed by atoms with Crippen LogP contribution in [0.1, 0.15) is 157 Å². The van der Waals surface area contributed by atoms with Crippen molar-refractivity contribution in [2.75, 3.05) is 175 Å². The first-order valence-corrected chi connectivity index (χ1v) is 46.1. The molecule has 0 saturated carbocycles. The van der Waals surface area contributed by atoms with Crippen molar-refractivity contribution in [3.05, 3.63) is 174 Å². The molecule has 724 valence electrons. The van der Waals surface area contributed by atoms with Crippen LogP contribution < -0.4 is 73.3 Å². The Morgan fingerprint density at radius 2 is 0.799 bits per heavy atom. The summed E-state index contributed by atoms with van der Waals surface area (Å²) < 4.78 is 33.0. The number of nitrogens with two attached hydrogens (primary N) is 1. The summed E-state index contributed by atoms with van der Waals surface area (Å²) in [6.45, 7) is 12.2. The lowest BCUT2D eigenvalue weighted by Gasteiger charge is -2.37. The lowest BCUT2D eigenvalue weighted by atomic mass is 9.91. The second-order valence-electron chi connectivity index (χ2n) is 33.7. The maximum atomic E-state index is 12.8. The number of hydrogen-bond acceptors (Lipinski definition) is 43. The molecule has 16 rings (SSSR count). The summed E-state index contributed by atoms with van der Waals surface area (Å²) in [6.07, 6.45) is 37.4. The summed E-state index contributed by atoms with van der Waals surface area (Å²) in [5, 5.41) is 75.6. The monoisotopic (exact) mass is 1890 g/mol. The molecule has 10 aromatic rings. The van der Waals surface area contributed by atoms with E-state index in [1.807, 2.05) is 49.5 Å². The molecule has 1 unspecified atom stereocenters. The molecule has 0 aliphatic carbocycles. The van der Waals surface area contributed by atoms with E-state index in [2.05, 4.69) is 145 Å². The van der Waals surface area contributed by atoms with Crippen molar-refractivity contribution in [3.63, 3.8) is 0 Å². The molecule has 16 heterocycles. The van der Waals surface area contributed by atoms with Crippen LogP contribution in [0.2, 0.25) is 0 Å². The number of likely N-dealkylation sites (tertiary alicyclic amines) is 1. The summed E-state index contributed by atoms with van der Waals surface area (Å²) in [6, 6.07) is 19.2. The molecule has 0 amide bonds. The van der Waals surface area contributed by atoms with Gasteiger partial charge in [-0.3, -0.25) is 9.59 Å². The van der Waals surface area contributed by atoms with Gasteiger partial charge in [0.1, 0.15) is 123 Å². The van der Waals surface area contributed by atoms with Crippen LogP contribution in [0.5, 0.6) is 11.5 Å². The third-order valence-electron chi connectivity index (χ3n) is 23.8. The molecule has 12 N–H and O–H groups in total. The van der Waals surface area contributed by atoms with Crippen LogP contribution in [0.3, 0.4) is 0 Å². The van der Waals surface area contributed by atoms with Gasteiger partial charge in [0.15, 0.2) is 28.5 Å². The number of aromatic nitrogens is 15. The number of ketones is 2. The van der Waals surface area contributed by atoms with Crippen molar-refractivity contribution in [2.45, 2.75) is 121 Å². The van der Waals surface area contributed by atoms with Crippen molar-refractivity contribution < 1.29 is 47.6 Å². The number of esters is 2. The Morgan fingerprint density at radius 1 is 0.432 bits per heavy atom. The molecule has 43 nitrogen and oxygen atoms in total. The summed E-state index contributed by atoms with van der Waals surface area (Å²) in [5.41, 5.74) is 12.1. The lowest BCUT2D eigenvalue weighted by Crippen LogP contribution is -2.42. The molecule has 6 fully saturated rings. The summed E-state index contributed by atoms with van der Waals surface area (Å²) in [4.78, 5) is 116. The molecular weight excluding hydrogens is 1780 g/mol. The van der Waals surface area contributed by atoms with Gasteiger partial charge < -0.3 is 97.1 Å². The van der Waals surface area contributed by atoms with Gasteiger partial charge in [0.2, 0.25) is 0 Å². The van der Waals surface area contributed by atoms with Crippen LogP contribution in [0.4, 0.5) is 80.9 Å².